The SMILES string of the molecule is NC(c1ccncc1)c1ccc2c(c1)CCCC2. The van der Waals surface area contributed by atoms with Crippen LogP contribution in [0.25, 0.3) is 0 Å². The molecule has 1 heterocycles. The Labute approximate surface area is 108 Å². The van der Waals surface area contributed by atoms with Gasteiger partial charge in [-0.3, -0.25) is 4.98 Å². The van der Waals surface area contributed by atoms with Gasteiger partial charge in [-0.25, -0.2) is 0 Å². The van der Waals surface area contributed by atoms with Crippen LogP contribution in [0.15, 0.2) is 42.7 Å². The number of aromatic nitrogens is 1. The summed E-state index contributed by atoms with van der Waals surface area (Å²) in [6.45, 7) is 0. The van der Waals surface area contributed by atoms with Crippen molar-refractivity contribution in [2.24, 2.45) is 5.73 Å². The summed E-state index contributed by atoms with van der Waals surface area (Å²) >= 11 is 0. The Morgan fingerprint density at radius 1 is 0.889 bits per heavy atom. The van der Waals surface area contributed by atoms with Crippen LogP contribution >= 0.6 is 0 Å². The third-order valence-corrected chi connectivity index (χ3v) is 3.80. The first-order chi connectivity index (χ1) is 8.84. The lowest BCUT2D eigenvalue weighted by molar-refractivity contribution is 0.682. The molecule has 3 rings (SSSR count). The molecule has 1 atom stereocenters. The van der Waals surface area contributed by atoms with Crippen LogP contribution in [0.2, 0.25) is 0 Å². The number of hydrogen-bond acceptors (Lipinski definition) is 2. The fraction of sp³-hybridized carbons (Fsp3) is 0.312. The Morgan fingerprint density at radius 2 is 1.61 bits per heavy atom. The second kappa shape index (κ2) is 4.91. The van der Waals surface area contributed by atoms with Crippen LogP contribution in [0, 0.1) is 0 Å². The molecule has 1 aromatic carbocycles. The Hall–Kier alpha value is -1.67. The van der Waals surface area contributed by atoms with Gasteiger partial charge < -0.3 is 5.73 Å². The second-order valence-corrected chi connectivity index (χ2v) is 4.99. The minimum absolute atomic E-state index is 0.0415. The van der Waals surface area contributed by atoms with Crippen molar-refractivity contribution in [3.8, 4) is 0 Å². The highest BCUT2D eigenvalue weighted by Gasteiger charge is 2.13. The summed E-state index contributed by atoms with van der Waals surface area (Å²) < 4.78 is 0. The van der Waals surface area contributed by atoms with Gasteiger partial charge in [-0.1, -0.05) is 18.2 Å². The van der Waals surface area contributed by atoms with Crippen molar-refractivity contribution in [2.75, 3.05) is 0 Å². The molecule has 2 N–H and O–H groups in total. The van der Waals surface area contributed by atoms with Gasteiger partial charge in [0.05, 0.1) is 6.04 Å². The van der Waals surface area contributed by atoms with Gasteiger partial charge >= 0.3 is 0 Å². The molecule has 1 aliphatic rings. The van der Waals surface area contributed by atoms with Gasteiger partial charge in [-0.2, -0.15) is 0 Å². The van der Waals surface area contributed by atoms with Gasteiger partial charge in [0, 0.05) is 12.4 Å². The predicted octanol–water partition coefficient (Wildman–Crippen LogP) is 3.01. The van der Waals surface area contributed by atoms with Crippen molar-refractivity contribution < 1.29 is 0 Å². The van der Waals surface area contributed by atoms with E-state index in [9.17, 15) is 0 Å². The maximum atomic E-state index is 6.32. The number of nitrogens with two attached hydrogens (primary N) is 1. The summed E-state index contributed by atoms with van der Waals surface area (Å²) in [5.74, 6) is 0. The van der Waals surface area contributed by atoms with Crippen molar-refractivity contribution in [1.29, 1.82) is 0 Å². The first-order valence-electron chi connectivity index (χ1n) is 6.62. The number of nitrogens with zero attached hydrogens (tertiary/aromatic N) is 1. The number of fused-ring (bicyclic) bond motifs is 1. The average molecular weight is 238 g/mol. The van der Waals surface area contributed by atoms with Gasteiger partial charge in [0.25, 0.3) is 0 Å². The molecule has 2 aromatic rings. The normalized spacial score (nSPS) is 16.1. The minimum Gasteiger partial charge on any atom is -0.320 e. The molecule has 92 valence electrons. The lowest BCUT2D eigenvalue weighted by Crippen LogP contribution is -2.13. The first kappa shape index (κ1) is 11.4. The molecule has 2 nitrogen and oxygen atoms in total. The van der Waals surface area contributed by atoms with E-state index in [0.717, 1.165) is 5.56 Å². The number of aryl methyl sites for hydroxylation is 2. The smallest absolute Gasteiger partial charge is 0.0552 e. The maximum absolute atomic E-state index is 6.32. The third-order valence-electron chi connectivity index (χ3n) is 3.80. The summed E-state index contributed by atoms with van der Waals surface area (Å²) in [5, 5.41) is 0. The zero-order chi connectivity index (χ0) is 12.4. The molecule has 0 saturated heterocycles. The summed E-state index contributed by atoms with van der Waals surface area (Å²) in [6.07, 6.45) is 8.65. The molecule has 0 bridgehead atoms. The van der Waals surface area contributed by atoms with Crippen molar-refractivity contribution in [2.45, 2.75) is 31.7 Å². The Morgan fingerprint density at radius 3 is 2.39 bits per heavy atom. The third kappa shape index (κ3) is 2.16. The van der Waals surface area contributed by atoms with E-state index in [1.165, 1.54) is 42.4 Å². The molecule has 0 aliphatic heterocycles. The molecule has 0 saturated carbocycles. The van der Waals surface area contributed by atoms with E-state index in [-0.39, 0.29) is 6.04 Å². The van der Waals surface area contributed by atoms with Gasteiger partial charge in [0.1, 0.15) is 0 Å². The molecule has 1 aliphatic carbocycles. The van der Waals surface area contributed by atoms with Crippen LogP contribution in [0.5, 0.6) is 0 Å². The van der Waals surface area contributed by atoms with E-state index in [2.05, 4.69) is 23.2 Å². The summed E-state index contributed by atoms with van der Waals surface area (Å²) in [4.78, 5) is 4.04. The fourth-order valence-electron chi connectivity index (χ4n) is 2.71. The molecule has 0 radical (unpaired) electrons. The van der Waals surface area contributed by atoms with Gasteiger partial charge in [0.15, 0.2) is 0 Å². The van der Waals surface area contributed by atoms with E-state index in [1.807, 2.05) is 12.1 Å². The van der Waals surface area contributed by atoms with Crippen LogP contribution in [0.1, 0.15) is 41.1 Å². The topological polar surface area (TPSA) is 38.9 Å². The maximum Gasteiger partial charge on any atom is 0.0552 e. The molecule has 1 aromatic heterocycles. The molecule has 18 heavy (non-hydrogen) atoms. The predicted molar refractivity (Wildman–Crippen MR) is 73.4 cm³/mol. The zero-order valence-corrected chi connectivity index (χ0v) is 10.5. The standard InChI is InChI=1S/C16H18N2/c17-16(13-7-9-18-10-8-13)15-6-5-12-3-1-2-4-14(12)11-15/h5-11,16H,1-4,17H2. The summed E-state index contributed by atoms with van der Waals surface area (Å²) in [6, 6.07) is 10.7. The molecular weight excluding hydrogens is 220 g/mol. The average Bonchev–Trinajstić information content (AvgIpc) is 2.47. The lowest BCUT2D eigenvalue weighted by Gasteiger charge is -2.19. The highest BCUT2D eigenvalue weighted by atomic mass is 14.7. The second-order valence-electron chi connectivity index (χ2n) is 4.99. The molecular formula is C16H18N2. The molecule has 0 fully saturated rings. The Balaban J connectivity index is 1.93. The van der Waals surface area contributed by atoms with Crippen molar-refractivity contribution in [3.63, 3.8) is 0 Å². The monoisotopic (exact) mass is 238 g/mol. The largest absolute Gasteiger partial charge is 0.320 e. The van der Waals surface area contributed by atoms with Gasteiger partial charge in [0.2, 0.25) is 0 Å². The minimum atomic E-state index is -0.0415. The van der Waals surface area contributed by atoms with Crippen molar-refractivity contribution >= 4 is 0 Å². The summed E-state index contributed by atoms with van der Waals surface area (Å²) in [7, 11) is 0. The number of hydrogen-bond donors (Lipinski definition) is 1. The molecule has 0 amide bonds. The van der Waals surface area contributed by atoms with E-state index in [0.29, 0.717) is 0 Å². The molecule has 1 unspecified atom stereocenters. The molecule has 2 heteroatoms. The Bertz CT molecular complexity index is 534. The lowest BCUT2D eigenvalue weighted by atomic mass is 9.88. The molecule has 0 spiro atoms. The van der Waals surface area contributed by atoms with Crippen LogP contribution in [-0.2, 0) is 12.8 Å². The van der Waals surface area contributed by atoms with E-state index in [4.69, 9.17) is 5.73 Å². The van der Waals surface area contributed by atoms with Crippen LogP contribution in [-0.4, -0.2) is 4.98 Å². The van der Waals surface area contributed by atoms with E-state index < -0.39 is 0 Å². The Kier molecular flexibility index (Phi) is 3.11. The highest BCUT2D eigenvalue weighted by Crippen LogP contribution is 2.26. The number of benzene rings is 1. The van der Waals surface area contributed by atoms with Crippen molar-refractivity contribution in [1.82, 2.24) is 4.98 Å². The number of rotatable bonds is 2. The van der Waals surface area contributed by atoms with Crippen LogP contribution in [0.4, 0.5) is 0 Å². The summed E-state index contributed by atoms with van der Waals surface area (Å²) in [5.41, 5.74) is 11.7. The van der Waals surface area contributed by atoms with Gasteiger partial charge in [-0.05, 0) is 60.1 Å². The van der Waals surface area contributed by atoms with Crippen LogP contribution in [0.3, 0.4) is 0 Å². The highest BCUT2D eigenvalue weighted by molar-refractivity contribution is 5.38. The fourth-order valence-corrected chi connectivity index (χ4v) is 2.71. The zero-order valence-electron chi connectivity index (χ0n) is 10.5. The van der Waals surface area contributed by atoms with E-state index >= 15 is 0 Å². The van der Waals surface area contributed by atoms with Crippen LogP contribution < -0.4 is 5.73 Å². The van der Waals surface area contributed by atoms with Crippen molar-refractivity contribution in [3.05, 3.63) is 65.0 Å². The number of pyridine rings is 1. The van der Waals surface area contributed by atoms with Gasteiger partial charge in [-0.15, -0.1) is 0 Å². The first-order valence-corrected chi connectivity index (χ1v) is 6.62. The quantitative estimate of drug-likeness (QED) is 0.873. The van der Waals surface area contributed by atoms with E-state index in [1.54, 1.807) is 12.4 Å².